The third kappa shape index (κ3) is 2.14. The van der Waals surface area contributed by atoms with Gasteiger partial charge in [0.2, 0.25) is 0 Å². The summed E-state index contributed by atoms with van der Waals surface area (Å²) in [6, 6.07) is 1.90. The second-order valence-corrected chi connectivity index (χ2v) is 5.83. The Balaban J connectivity index is 2.32. The molecule has 0 saturated heterocycles. The van der Waals surface area contributed by atoms with Crippen LogP contribution in [-0.2, 0) is 0 Å². The van der Waals surface area contributed by atoms with Gasteiger partial charge in [0, 0.05) is 11.5 Å². The van der Waals surface area contributed by atoms with Crippen LogP contribution in [0, 0.1) is 25.5 Å². The first-order valence-electron chi connectivity index (χ1n) is 5.72. The number of halogens is 3. The summed E-state index contributed by atoms with van der Waals surface area (Å²) < 4.78 is 27.0. The molecular weight excluding hydrogens is 304 g/mol. The standard InChI is InChI=1S/C13H8ClF2N3S/c1-5-11(20-6(2)17-5)13-18-10-8(12(14)19-13)3-7(15)4-9(10)16/h3-4H,1-2H3. The summed E-state index contributed by atoms with van der Waals surface area (Å²) in [6.45, 7) is 3.68. The van der Waals surface area contributed by atoms with Crippen molar-refractivity contribution < 1.29 is 8.78 Å². The van der Waals surface area contributed by atoms with Crippen LogP contribution in [0.25, 0.3) is 21.6 Å². The lowest BCUT2D eigenvalue weighted by molar-refractivity contribution is 0.590. The van der Waals surface area contributed by atoms with Gasteiger partial charge in [-0.1, -0.05) is 11.6 Å². The maximum Gasteiger partial charge on any atom is 0.173 e. The molecule has 2 aromatic heterocycles. The second-order valence-electron chi connectivity index (χ2n) is 4.27. The lowest BCUT2D eigenvalue weighted by Crippen LogP contribution is -1.95. The molecule has 0 fully saturated rings. The van der Waals surface area contributed by atoms with E-state index in [0.29, 0.717) is 5.82 Å². The molecule has 0 bridgehead atoms. The predicted molar refractivity (Wildman–Crippen MR) is 75.0 cm³/mol. The van der Waals surface area contributed by atoms with Crippen LogP contribution in [0.3, 0.4) is 0 Å². The SMILES string of the molecule is Cc1nc(C)c(-c2nc(Cl)c3cc(F)cc(F)c3n2)s1. The molecule has 3 aromatic rings. The molecule has 1 aromatic carbocycles. The predicted octanol–water partition coefficient (Wildman–Crippen LogP) is 4.30. The van der Waals surface area contributed by atoms with E-state index >= 15 is 0 Å². The van der Waals surface area contributed by atoms with Crippen molar-refractivity contribution in [3.63, 3.8) is 0 Å². The average molecular weight is 312 g/mol. The molecule has 0 radical (unpaired) electrons. The van der Waals surface area contributed by atoms with Crippen molar-refractivity contribution in [1.82, 2.24) is 15.0 Å². The highest BCUT2D eigenvalue weighted by molar-refractivity contribution is 7.15. The van der Waals surface area contributed by atoms with Crippen molar-refractivity contribution in [3.8, 4) is 10.7 Å². The summed E-state index contributed by atoms with van der Waals surface area (Å²) in [5, 5.41) is 1.04. The Kier molecular flexibility index (Phi) is 3.14. The van der Waals surface area contributed by atoms with E-state index in [4.69, 9.17) is 11.6 Å². The van der Waals surface area contributed by atoms with E-state index in [1.54, 1.807) is 0 Å². The normalized spacial score (nSPS) is 11.2. The van der Waals surface area contributed by atoms with Crippen molar-refractivity contribution in [1.29, 1.82) is 0 Å². The van der Waals surface area contributed by atoms with E-state index in [1.165, 1.54) is 11.3 Å². The van der Waals surface area contributed by atoms with Crippen molar-refractivity contribution in [3.05, 3.63) is 39.6 Å². The zero-order valence-corrected chi connectivity index (χ0v) is 12.1. The molecule has 20 heavy (non-hydrogen) atoms. The number of fused-ring (bicyclic) bond motifs is 1. The van der Waals surface area contributed by atoms with Crippen LogP contribution in [0.1, 0.15) is 10.7 Å². The first-order valence-corrected chi connectivity index (χ1v) is 6.92. The van der Waals surface area contributed by atoms with Gasteiger partial charge in [0.25, 0.3) is 0 Å². The molecule has 0 aliphatic heterocycles. The molecule has 3 rings (SSSR count). The smallest absolute Gasteiger partial charge is 0.173 e. The Bertz CT molecular complexity index is 832. The highest BCUT2D eigenvalue weighted by Crippen LogP contribution is 2.31. The number of benzene rings is 1. The third-order valence-corrected chi connectivity index (χ3v) is 4.14. The third-order valence-electron chi connectivity index (χ3n) is 2.78. The van der Waals surface area contributed by atoms with Gasteiger partial charge in [-0.3, -0.25) is 0 Å². The lowest BCUT2D eigenvalue weighted by Gasteiger charge is -2.04. The molecule has 0 N–H and O–H groups in total. The van der Waals surface area contributed by atoms with E-state index in [0.717, 1.165) is 27.7 Å². The van der Waals surface area contributed by atoms with Gasteiger partial charge in [0.05, 0.1) is 15.6 Å². The summed E-state index contributed by atoms with van der Waals surface area (Å²) in [6.07, 6.45) is 0. The molecule has 2 heterocycles. The van der Waals surface area contributed by atoms with E-state index in [-0.39, 0.29) is 16.1 Å². The van der Waals surface area contributed by atoms with Gasteiger partial charge in [-0.05, 0) is 19.9 Å². The summed E-state index contributed by atoms with van der Waals surface area (Å²) in [4.78, 5) is 13.3. The average Bonchev–Trinajstić information content (AvgIpc) is 2.69. The Morgan fingerprint density at radius 2 is 1.85 bits per heavy atom. The fourth-order valence-corrected chi connectivity index (χ4v) is 3.04. The van der Waals surface area contributed by atoms with Gasteiger partial charge in [0.1, 0.15) is 16.5 Å². The maximum atomic E-state index is 13.8. The first-order chi connectivity index (χ1) is 9.45. The Morgan fingerprint density at radius 1 is 1.10 bits per heavy atom. The molecule has 102 valence electrons. The van der Waals surface area contributed by atoms with E-state index in [2.05, 4.69) is 15.0 Å². The van der Waals surface area contributed by atoms with Crippen LogP contribution >= 0.6 is 22.9 Å². The molecule has 7 heteroatoms. The van der Waals surface area contributed by atoms with Crippen LogP contribution in [0.4, 0.5) is 8.78 Å². The minimum Gasteiger partial charge on any atom is -0.246 e. The molecule has 3 nitrogen and oxygen atoms in total. The number of nitrogens with zero attached hydrogens (tertiary/aromatic N) is 3. The minimum absolute atomic E-state index is 0.00635. The number of hydrogen-bond donors (Lipinski definition) is 0. The number of hydrogen-bond acceptors (Lipinski definition) is 4. The molecule has 0 saturated carbocycles. The molecule has 0 aliphatic carbocycles. The molecule has 0 amide bonds. The van der Waals surface area contributed by atoms with E-state index < -0.39 is 11.6 Å². The maximum absolute atomic E-state index is 13.8. The monoisotopic (exact) mass is 311 g/mol. The minimum atomic E-state index is -0.760. The van der Waals surface area contributed by atoms with Crippen molar-refractivity contribution in [2.24, 2.45) is 0 Å². The van der Waals surface area contributed by atoms with E-state index in [1.807, 2.05) is 13.8 Å². The quantitative estimate of drug-likeness (QED) is 0.629. The Morgan fingerprint density at radius 3 is 2.50 bits per heavy atom. The zero-order chi connectivity index (χ0) is 14.4. The molecule has 0 aliphatic rings. The second kappa shape index (κ2) is 4.71. The summed E-state index contributed by atoms with van der Waals surface area (Å²) in [5.41, 5.74) is 0.761. The van der Waals surface area contributed by atoms with Gasteiger partial charge in [-0.15, -0.1) is 11.3 Å². The van der Waals surface area contributed by atoms with Crippen LogP contribution in [0.5, 0.6) is 0 Å². The summed E-state index contributed by atoms with van der Waals surface area (Å²) >= 11 is 7.42. The van der Waals surface area contributed by atoms with Crippen LogP contribution in [0.15, 0.2) is 12.1 Å². The van der Waals surface area contributed by atoms with E-state index in [9.17, 15) is 8.78 Å². The van der Waals surface area contributed by atoms with Crippen molar-refractivity contribution in [2.45, 2.75) is 13.8 Å². The van der Waals surface area contributed by atoms with Gasteiger partial charge in [-0.2, -0.15) is 0 Å². The van der Waals surface area contributed by atoms with Gasteiger partial charge >= 0.3 is 0 Å². The summed E-state index contributed by atoms with van der Waals surface area (Å²) in [7, 11) is 0. The Hall–Kier alpha value is -1.66. The fourth-order valence-electron chi connectivity index (χ4n) is 1.96. The topological polar surface area (TPSA) is 38.7 Å². The molecule has 0 atom stereocenters. The molecule has 0 spiro atoms. The van der Waals surface area contributed by atoms with Crippen molar-refractivity contribution >= 4 is 33.8 Å². The zero-order valence-electron chi connectivity index (χ0n) is 10.5. The molecule has 0 unspecified atom stereocenters. The Labute approximate surface area is 122 Å². The van der Waals surface area contributed by atoms with Crippen LogP contribution in [-0.4, -0.2) is 15.0 Å². The lowest BCUT2D eigenvalue weighted by atomic mass is 10.2. The number of aromatic nitrogens is 3. The fraction of sp³-hybridized carbons (Fsp3) is 0.154. The highest BCUT2D eigenvalue weighted by atomic mass is 35.5. The number of thiazole rings is 1. The van der Waals surface area contributed by atoms with Crippen LogP contribution in [0.2, 0.25) is 5.15 Å². The van der Waals surface area contributed by atoms with Crippen molar-refractivity contribution in [2.75, 3.05) is 0 Å². The molecular formula is C13H8ClF2N3S. The first kappa shape index (κ1) is 13.3. The van der Waals surface area contributed by atoms with Gasteiger partial charge in [-0.25, -0.2) is 23.7 Å². The number of rotatable bonds is 1. The highest BCUT2D eigenvalue weighted by Gasteiger charge is 2.16. The number of aryl methyl sites for hydroxylation is 2. The van der Waals surface area contributed by atoms with Crippen LogP contribution < -0.4 is 0 Å². The van der Waals surface area contributed by atoms with Gasteiger partial charge < -0.3 is 0 Å². The van der Waals surface area contributed by atoms with Gasteiger partial charge in [0.15, 0.2) is 11.6 Å². The summed E-state index contributed by atoms with van der Waals surface area (Å²) in [5.74, 6) is -1.17. The largest absolute Gasteiger partial charge is 0.246 e.